The van der Waals surface area contributed by atoms with E-state index in [1.807, 2.05) is 31.2 Å². The summed E-state index contributed by atoms with van der Waals surface area (Å²) in [6.07, 6.45) is 0.843. The first-order valence-electron chi connectivity index (χ1n) is 6.22. The average molecular weight is 245 g/mol. The van der Waals surface area contributed by atoms with Crippen molar-refractivity contribution in [2.45, 2.75) is 33.2 Å². The van der Waals surface area contributed by atoms with Gasteiger partial charge in [-0.3, -0.25) is 0 Å². The maximum absolute atomic E-state index is 6.02. The van der Waals surface area contributed by atoms with Crippen molar-refractivity contribution in [1.82, 2.24) is 10.1 Å². The highest BCUT2D eigenvalue weighted by molar-refractivity contribution is 5.54. The molecule has 2 rings (SSSR count). The standard InChI is InChI=1S/C14H19N3O/c1-9(2)8-12(15)14-16-13(17-18-14)11-6-4-10(3)5-7-11/h4-7,9,12H,8,15H2,1-3H3/t12-/m0/s1. The van der Waals surface area contributed by atoms with Crippen LogP contribution >= 0.6 is 0 Å². The zero-order chi connectivity index (χ0) is 13.1. The van der Waals surface area contributed by atoms with E-state index in [4.69, 9.17) is 10.3 Å². The lowest BCUT2D eigenvalue weighted by atomic mass is 10.0. The van der Waals surface area contributed by atoms with Crippen LogP contribution in [0.5, 0.6) is 0 Å². The normalized spacial score (nSPS) is 12.9. The molecular weight excluding hydrogens is 226 g/mol. The molecule has 0 aliphatic carbocycles. The van der Waals surface area contributed by atoms with Gasteiger partial charge in [0.1, 0.15) is 0 Å². The Morgan fingerprint density at radius 1 is 1.22 bits per heavy atom. The van der Waals surface area contributed by atoms with Crippen LogP contribution in [-0.4, -0.2) is 10.1 Å². The predicted octanol–water partition coefficient (Wildman–Crippen LogP) is 3.09. The summed E-state index contributed by atoms with van der Waals surface area (Å²) >= 11 is 0. The Balaban J connectivity index is 2.17. The molecule has 1 atom stereocenters. The molecule has 0 fully saturated rings. The largest absolute Gasteiger partial charge is 0.337 e. The lowest BCUT2D eigenvalue weighted by Gasteiger charge is -2.08. The van der Waals surface area contributed by atoms with Crippen molar-refractivity contribution in [2.75, 3.05) is 0 Å². The van der Waals surface area contributed by atoms with Crippen molar-refractivity contribution in [1.29, 1.82) is 0 Å². The van der Waals surface area contributed by atoms with Gasteiger partial charge in [-0.25, -0.2) is 0 Å². The van der Waals surface area contributed by atoms with Gasteiger partial charge in [0, 0.05) is 5.56 Å². The predicted molar refractivity (Wildman–Crippen MR) is 70.9 cm³/mol. The van der Waals surface area contributed by atoms with Crippen molar-refractivity contribution >= 4 is 0 Å². The van der Waals surface area contributed by atoms with Crippen LogP contribution < -0.4 is 5.73 Å². The van der Waals surface area contributed by atoms with Crippen LogP contribution in [0.15, 0.2) is 28.8 Å². The smallest absolute Gasteiger partial charge is 0.243 e. The van der Waals surface area contributed by atoms with Crippen LogP contribution in [0, 0.1) is 12.8 Å². The van der Waals surface area contributed by atoms with E-state index in [-0.39, 0.29) is 6.04 Å². The average Bonchev–Trinajstić information content (AvgIpc) is 2.78. The van der Waals surface area contributed by atoms with Gasteiger partial charge in [0.2, 0.25) is 11.7 Å². The van der Waals surface area contributed by atoms with E-state index in [2.05, 4.69) is 24.0 Å². The lowest BCUT2D eigenvalue weighted by Crippen LogP contribution is -2.13. The molecule has 0 aliphatic rings. The lowest BCUT2D eigenvalue weighted by molar-refractivity contribution is 0.335. The van der Waals surface area contributed by atoms with Crippen LogP contribution in [0.2, 0.25) is 0 Å². The van der Waals surface area contributed by atoms with E-state index >= 15 is 0 Å². The SMILES string of the molecule is Cc1ccc(-c2noc([C@@H](N)CC(C)C)n2)cc1. The number of nitrogens with two attached hydrogens (primary N) is 1. The van der Waals surface area contributed by atoms with Crippen LogP contribution in [0.1, 0.15) is 37.8 Å². The molecule has 1 aromatic carbocycles. The minimum Gasteiger partial charge on any atom is -0.337 e. The molecule has 0 bridgehead atoms. The van der Waals surface area contributed by atoms with Gasteiger partial charge in [-0.05, 0) is 19.3 Å². The van der Waals surface area contributed by atoms with Gasteiger partial charge in [0.15, 0.2) is 0 Å². The second kappa shape index (κ2) is 5.31. The summed E-state index contributed by atoms with van der Waals surface area (Å²) < 4.78 is 5.23. The van der Waals surface area contributed by atoms with E-state index < -0.39 is 0 Å². The Kier molecular flexibility index (Phi) is 3.77. The Morgan fingerprint density at radius 3 is 2.50 bits per heavy atom. The fraction of sp³-hybridized carbons (Fsp3) is 0.429. The third-order valence-corrected chi connectivity index (χ3v) is 2.79. The van der Waals surface area contributed by atoms with Gasteiger partial charge in [0.25, 0.3) is 0 Å². The van der Waals surface area contributed by atoms with E-state index in [0.29, 0.717) is 17.6 Å². The summed E-state index contributed by atoms with van der Waals surface area (Å²) in [6, 6.07) is 7.84. The highest BCUT2D eigenvalue weighted by Crippen LogP contribution is 2.21. The van der Waals surface area contributed by atoms with Crippen LogP contribution in [-0.2, 0) is 0 Å². The van der Waals surface area contributed by atoms with Crippen molar-refractivity contribution in [3.63, 3.8) is 0 Å². The molecule has 0 saturated heterocycles. The maximum Gasteiger partial charge on any atom is 0.243 e. The first-order chi connectivity index (χ1) is 8.56. The number of aromatic nitrogens is 2. The molecule has 1 aromatic heterocycles. The molecule has 18 heavy (non-hydrogen) atoms. The number of aryl methyl sites for hydroxylation is 1. The second-order valence-electron chi connectivity index (χ2n) is 5.06. The van der Waals surface area contributed by atoms with E-state index in [9.17, 15) is 0 Å². The van der Waals surface area contributed by atoms with Crippen molar-refractivity contribution < 1.29 is 4.52 Å². The molecule has 0 amide bonds. The molecule has 1 heterocycles. The summed E-state index contributed by atoms with van der Waals surface area (Å²) in [6.45, 7) is 6.29. The molecule has 0 radical (unpaired) electrons. The highest BCUT2D eigenvalue weighted by atomic mass is 16.5. The molecular formula is C14H19N3O. The van der Waals surface area contributed by atoms with Gasteiger partial charge in [-0.2, -0.15) is 4.98 Å². The van der Waals surface area contributed by atoms with Gasteiger partial charge >= 0.3 is 0 Å². The summed E-state index contributed by atoms with van der Waals surface area (Å²) in [5.41, 5.74) is 8.17. The quantitative estimate of drug-likeness (QED) is 0.899. The first-order valence-corrected chi connectivity index (χ1v) is 6.22. The second-order valence-corrected chi connectivity index (χ2v) is 5.06. The Morgan fingerprint density at radius 2 is 1.89 bits per heavy atom. The molecule has 0 saturated carbocycles. The number of rotatable bonds is 4. The zero-order valence-electron chi connectivity index (χ0n) is 11.1. The molecule has 2 N–H and O–H groups in total. The number of hydrogen-bond donors (Lipinski definition) is 1. The van der Waals surface area contributed by atoms with Crippen molar-refractivity contribution in [2.24, 2.45) is 11.7 Å². The molecule has 2 aromatic rings. The molecule has 0 spiro atoms. The fourth-order valence-corrected chi connectivity index (χ4v) is 1.81. The topological polar surface area (TPSA) is 64.9 Å². The molecule has 0 unspecified atom stereocenters. The summed E-state index contributed by atoms with van der Waals surface area (Å²) in [7, 11) is 0. The minimum absolute atomic E-state index is 0.184. The summed E-state index contributed by atoms with van der Waals surface area (Å²) in [5, 5.41) is 3.98. The van der Waals surface area contributed by atoms with Crippen molar-refractivity contribution in [3.8, 4) is 11.4 Å². The monoisotopic (exact) mass is 245 g/mol. The maximum atomic E-state index is 6.02. The van der Waals surface area contributed by atoms with Crippen LogP contribution in [0.4, 0.5) is 0 Å². The zero-order valence-corrected chi connectivity index (χ0v) is 11.1. The number of hydrogen-bond acceptors (Lipinski definition) is 4. The molecule has 4 heteroatoms. The van der Waals surface area contributed by atoms with E-state index in [1.165, 1.54) is 5.56 Å². The van der Waals surface area contributed by atoms with Gasteiger partial charge in [-0.1, -0.05) is 48.8 Å². The number of nitrogens with zero attached hydrogens (tertiary/aromatic N) is 2. The minimum atomic E-state index is -0.184. The Labute approximate surface area is 107 Å². The highest BCUT2D eigenvalue weighted by Gasteiger charge is 2.16. The van der Waals surface area contributed by atoms with Gasteiger partial charge in [-0.15, -0.1) is 0 Å². The van der Waals surface area contributed by atoms with Crippen LogP contribution in [0.25, 0.3) is 11.4 Å². The third kappa shape index (κ3) is 2.96. The molecule has 96 valence electrons. The fourth-order valence-electron chi connectivity index (χ4n) is 1.81. The first kappa shape index (κ1) is 12.8. The van der Waals surface area contributed by atoms with E-state index in [0.717, 1.165) is 12.0 Å². The summed E-state index contributed by atoms with van der Waals surface area (Å²) in [4.78, 5) is 4.36. The van der Waals surface area contributed by atoms with Gasteiger partial charge < -0.3 is 10.3 Å². The van der Waals surface area contributed by atoms with Crippen molar-refractivity contribution in [3.05, 3.63) is 35.7 Å². The van der Waals surface area contributed by atoms with E-state index in [1.54, 1.807) is 0 Å². The van der Waals surface area contributed by atoms with Crippen LogP contribution in [0.3, 0.4) is 0 Å². The van der Waals surface area contributed by atoms with Gasteiger partial charge in [0.05, 0.1) is 6.04 Å². The Bertz CT molecular complexity index is 502. The summed E-state index contributed by atoms with van der Waals surface area (Å²) in [5.74, 6) is 1.62. The third-order valence-electron chi connectivity index (χ3n) is 2.79. The molecule has 0 aliphatic heterocycles. The number of benzene rings is 1. The molecule has 4 nitrogen and oxygen atoms in total. The Hall–Kier alpha value is -1.68.